The minimum atomic E-state index is -0.976. The molecule has 8 nitrogen and oxygen atoms in total. The summed E-state index contributed by atoms with van der Waals surface area (Å²) in [7, 11) is 0. The highest BCUT2D eigenvalue weighted by Crippen LogP contribution is 2.31. The van der Waals surface area contributed by atoms with E-state index in [-0.39, 0.29) is 62.5 Å². The number of likely N-dealkylation sites (tertiary alicyclic amines) is 1. The number of fused-ring (bicyclic) bond motifs is 1. The van der Waals surface area contributed by atoms with Crippen molar-refractivity contribution < 1.29 is 28.2 Å². The molecule has 4 aromatic rings. The maximum atomic E-state index is 14.7. The van der Waals surface area contributed by atoms with Crippen LogP contribution in [-0.4, -0.2) is 51.3 Å². The van der Waals surface area contributed by atoms with Gasteiger partial charge in [0.05, 0.1) is 41.4 Å². The van der Waals surface area contributed by atoms with E-state index in [1.807, 2.05) is 6.07 Å². The molecule has 0 spiro atoms. The third-order valence-electron chi connectivity index (χ3n) is 7.88. The summed E-state index contributed by atoms with van der Waals surface area (Å²) in [5, 5.41) is 18.7. The maximum Gasteiger partial charge on any atom is 0.335 e. The van der Waals surface area contributed by atoms with Crippen LogP contribution < -0.4 is 4.74 Å². The van der Waals surface area contributed by atoms with Crippen molar-refractivity contribution in [2.75, 3.05) is 19.7 Å². The molecule has 0 radical (unpaired) electrons. The Morgan fingerprint density at radius 1 is 1.12 bits per heavy atom. The van der Waals surface area contributed by atoms with Gasteiger partial charge in [0.1, 0.15) is 35.9 Å². The van der Waals surface area contributed by atoms with Gasteiger partial charge in [0.2, 0.25) is 0 Å². The summed E-state index contributed by atoms with van der Waals surface area (Å²) in [5.41, 5.74) is 3.18. The van der Waals surface area contributed by atoms with Crippen LogP contribution in [0.1, 0.15) is 51.6 Å². The zero-order chi connectivity index (χ0) is 28.5. The molecule has 226 valence electrons. The van der Waals surface area contributed by atoms with Gasteiger partial charge in [-0.05, 0) is 79.4 Å². The number of hydrogen-bond acceptors (Lipinski definition) is 6. The predicted octanol–water partition coefficient (Wildman–Crippen LogP) is 5.47. The number of ether oxygens (including phenoxy) is 2. The van der Waals surface area contributed by atoms with E-state index in [0.717, 1.165) is 61.0 Å². The molecule has 0 aliphatic carbocycles. The lowest BCUT2D eigenvalue weighted by Crippen LogP contribution is -2.32. The lowest BCUT2D eigenvalue weighted by molar-refractivity contribution is -0.0591. The second-order valence-corrected chi connectivity index (χ2v) is 10.5. The van der Waals surface area contributed by atoms with Crippen molar-refractivity contribution in [2.45, 2.75) is 44.6 Å². The molecule has 1 N–H and O–H groups in total. The van der Waals surface area contributed by atoms with Crippen LogP contribution in [0.25, 0.3) is 11.0 Å². The van der Waals surface area contributed by atoms with E-state index < -0.39 is 17.6 Å². The largest absolute Gasteiger partial charge is 0.487 e. The summed E-state index contributed by atoms with van der Waals surface area (Å²) in [6.07, 6.45) is 1.93. The molecule has 0 unspecified atom stereocenters. The van der Waals surface area contributed by atoms with Crippen LogP contribution in [0.5, 0.6) is 5.75 Å². The summed E-state index contributed by atoms with van der Waals surface area (Å²) in [6, 6.07) is 15.6. The highest BCUT2D eigenvalue weighted by molar-refractivity contribution is 7.59. The van der Waals surface area contributed by atoms with E-state index in [1.165, 1.54) is 18.2 Å². The summed E-state index contributed by atoms with van der Waals surface area (Å²) in [5.74, 6) is -0.672. The third kappa shape index (κ3) is 6.96. The summed E-state index contributed by atoms with van der Waals surface area (Å²) >= 11 is 0. The molecule has 6 rings (SSSR count). The van der Waals surface area contributed by atoms with Crippen LogP contribution in [0.3, 0.4) is 0 Å². The van der Waals surface area contributed by atoms with Gasteiger partial charge in [-0.1, -0.05) is 6.07 Å². The topological polar surface area (TPSA) is 101 Å². The van der Waals surface area contributed by atoms with Crippen molar-refractivity contribution >= 4 is 44.0 Å². The number of hydrogen-bond donors (Lipinski definition) is 1. The molecule has 1 aromatic heterocycles. The van der Waals surface area contributed by atoms with Gasteiger partial charge >= 0.3 is 5.97 Å². The third-order valence-corrected chi connectivity index (χ3v) is 7.88. The zero-order valence-electron chi connectivity index (χ0n) is 23.2. The molecular formula is C31H32F2N4O4S2. The van der Waals surface area contributed by atoms with Crippen molar-refractivity contribution in [3.8, 4) is 11.8 Å². The first-order chi connectivity index (χ1) is 19.9. The number of halogens is 2. The lowest BCUT2D eigenvalue weighted by atomic mass is 9.96. The van der Waals surface area contributed by atoms with Crippen molar-refractivity contribution in [1.82, 2.24) is 14.5 Å². The first-order valence-corrected chi connectivity index (χ1v) is 13.5. The second-order valence-electron chi connectivity index (χ2n) is 10.5. The minimum absolute atomic E-state index is 0. The Kier molecular flexibility index (Phi) is 10.3. The average Bonchev–Trinajstić information content (AvgIpc) is 3.54. The fourth-order valence-corrected chi connectivity index (χ4v) is 5.54. The molecular weight excluding hydrogens is 594 g/mol. The molecule has 2 saturated heterocycles. The zero-order valence-corrected chi connectivity index (χ0v) is 25.2. The quantitative estimate of drug-likeness (QED) is 0.263. The van der Waals surface area contributed by atoms with Crippen LogP contribution in [0.4, 0.5) is 8.78 Å². The first-order valence-electron chi connectivity index (χ1n) is 13.5. The van der Waals surface area contributed by atoms with Crippen molar-refractivity contribution in [1.29, 1.82) is 5.26 Å². The molecule has 12 heteroatoms. The van der Waals surface area contributed by atoms with Crippen LogP contribution in [0.2, 0.25) is 0 Å². The maximum absolute atomic E-state index is 14.7. The van der Waals surface area contributed by atoms with Crippen molar-refractivity contribution in [3.05, 3.63) is 94.3 Å². The highest BCUT2D eigenvalue weighted by atomic mass is 32.1. The van der Waals surface area contributed by atoms with Gasteiger partial charge in [-0.15, -0.1) is 0 Å². The lowest BCUT2D eigenvalue weighted by Gasteiger charge is -2.28. The number of benzene rings is 3. The number of nitriles is 1. The molecule has 2 aliphatic heterocycles. The van der Waals surface area contributed by atoms with E-state index in [9.17, 15) is 23.9 Å². The summed E-state index contributed by atoms with van der Waals surface area (Å²) < 4.78 is 41.5. The Morgan fingerprint density at radius 2 is 1.93 bits per heavy atom. The number of aromatic carboxylic acids is 1. The number of nitrogens with zero attached hydrogens (tertiary/aromatic N) is 4. The second kappa shape index (κ2) is 13.8. The molecule has 43 heavy (non-hydrogen) atoms. The number of carboxylic acid groups (broad SMARTS) is 1. The Balaban J connectivity index is 0.00000212. The fourth-order valence-electron chi connectivity index (χ4n) is 5.54. The Labute approximate surface area is 261 Å². The van der Waals surface area contributed by atoms with E-state index >= 15 is 0 Å². The number of carbonyl (C=O) groups is 1. The van der Waals surface area contributed by atoms with Gasteiger partial charge in [0, 0.05) is 18.7 Å². The van der Waals surface area contributed by atoms with E-state index in [0.29, 0.717) is 18.7 Å². The van der Waals surface area contributed by atoms with Crippen LogP contribution in [-0.2, 0) is 24.4 Å². The molecule has 0 saturated carbocycles. The van der Waals surface area contributed by atoms with Gasteiger partial charge in [-0.25, -0.2) is 18.6 Å². The average molecular weight is 627 g/mol. The van der Waals surface area contributed by atoms with E-state index in [4.69, 9.17) is 14.5 Å². The van der Waals surface area contributed by atoms with Crippen LogP contribution in [0, 0.1) is 23.0 Å². The molecule has 2 aliphatic rings. The number of carboxylic acids is 1. The van der Waals surface area contributed by atoms with Gasteiger partial charge in [0.25, 0.3) is 0 Å². The first kappa shape index (κ1) is 32.3. The molecule has 2 fully saturated rings. The number of rotatable bonds is 9. The Hall–Kier alpha value is -3.63. The van der Waals surface area contributed by atoms with Gasteiger partial charge in [-0.3, -0.25) is 4.90 Å². The molecule has 0 bridgehead atoms. The highest BCUT2D eigenvalue weighted by Gasteiger charge is 2.28. The van der Waals surface area contributed by atoms with Crippen LogP contribution >= 0.6 is 27.0 Å². The number of imidazole rings is 1. The fraction of sp³-hybridized carbons (Fsp3) is 0.323. The van der Waals surface area contributed by atoms with Crippen molar-refractivity contribution in [2.24, 2.45) is 0 Å². The van der Waals surface area contributed by atoms with Crippen LogP contribution in [0.15, 0.2) is 54.6 Å². The Morgan fingerprint density at radius 3 is 2.65 bits per heavy atom. The van der Waals surface area contributed by atoms with Gasteiger partial charge < -0.3 is 19.1 Å². The summed E-state index contributed by atoms with van der Waals surface area (Å²) in [4.78, 5) is 18.7. The van der Waals surface area contributed by atoms with Crippen molar-refractivity contribution in [3.63, 3.8) is 0 Å². The normalized spacial score (nSPS) is 17.9. The van der Waals surface area contributed by atoms with E-state index in [1.54, 1.807) is 30.3 Å². The minimum Gasteiger partial charge on any atom is -0.487 e. The molecule has 3 heterocycles. The van der Waals surface area contributed by atoms with Gasteiger partial charge in [0.15, 0.2) is 0 Å². The predicted molar refractivity (Wildman–Crippen MR) is 166 cm³/mol. The van der Waals surface area contributed by atoms with Gasteiger partial charge in [-0.2, -0.15) is 32.3 Å². The van der Waals surface area contributed by atoms with E-state index in [2.05, 4.69) is 9.47 Å². The monoisotopic (exact) mass is 626 g/mol. The molecule has 3 aromatic carbocycles. The standard InChI is InChI=1S/C31H28F2N4O4.2H2S/c32-24-3-6-29(22(12-24)14-34)41-18-23-11-19(1-4-26(23)33)21-7-9-36(15-21)17-30-35-27-5-2-20(31(38)39)13-28(27)37(30)16-25-8-10-40-25;;/h1-6,11-13,21,25H,7-10,15-18H2,(H,38,39);2*1H2/t21-,25+;;/m1../s1. The smallest absolute Gasteiger partial charge is 0.335 e. The SMILES string of the molecule is N#Cc1cc(F)ccc1OCc1cc([C@@H]2CCN(Cc3nc4ccc(C(=O)O)cc4n3C[C@@H]3CCO3)C2)ccc1F.S.S. The molecule has 2 atom stereocenters. The Bertz CT molecular complexity index is 1670. The molecule has 0 amide bonds. The summed E-state index contributed by atoms with van der Waals surface area (Å²) in [6.45, 7) is 3.45. The number of aromatic nitrogens is 2.